The molecule has 288 valence electrons. The fourth-order valence-corrected chi connectivity index (χ4v) is 5.87. The van der Waals surface area contributed by atoms with E-state index in [4.69, 9.17) is 18.5 Å². The summed E-state index contributed by atoms with van der Waals surface area (Å²) in [6, 6.07) is 0. The molecule has 0 saturated heterocycles. The first kappa shape index (κ1) is 47.5. The number of nitrogens with zero attached hydrogens (tertiary/aromatic N) is 1. The van der Waals surface area contributed by atoms with E-state index >= 15 is 0 Å². The van der Waals surface area contributed by atoms with Gasteiger partial charge in [-0.05, 0) is 71.9 Å². The fourth-order valence-electron chi connectivity index (χ4n) is 5.13. The lowest BCUT2D eigenvalue weighted by molar-refractivity contribution is -0.161. The van der Waals surface area contributed by atoms with E-state index in [-0.39, 0.29) is 32.0 Å². The molecule has 0 aromatic carbocycles. The lowest BCUT2D eigenvalue weighted by Crippen LogP contribution is -2.29. The third-order valence-corrected chi connectivity index (χ3v) is 9.21. The Morgan fingerprint density at radius 3 is 1.57 bits per heavy atom. The average Bonchev–Trinajstić information content (AvgIpc) is 3.06. The number of hydrogen-bond acceptors (Lipinski definition) is 8. The molecule has 1 N–H and O–H groups in total. The average molecular weight is 716 g/mol. The zero-order chi connectivity index (χ0) is 36.3. The summed E-state index contributed by atoms with van der Waals surface area (Å²) in [4.78, 5) is 36.8. The molecule has 0 aromatic rings. The zero-order valence-electron chi connectivity index (χ0n) is 31.9. The van der Waals surface area contributed by atoms with Crippen molar-refractivity contribution in [2.75, 3.05) is 40.5 Å². The molecule has 0 aliphatic rings. The molecule has 0 aliphatic heterocycles. The maximum Gasteiger partial charge on any atom is 0.472 e. The number of phosphoric ester groups is 1. The second-order valence-corrected chi connectivity index (χ2v) is 14.9. The normalized spacial score (nSPS) is 13.8. The van der Waals surface area contributed by atoms with Crippen LogP contribution in [0.1, 0.15) is 168 Å². The Morgan fingerprint density at radius 1 is 0.612 bits per heavy atom. The van der Waals surface area contributed by atoms with E-state index in [1.54, 1.807) is 0 Å². The van der Waals surface area contributed by atoms with Crippen LogP contribution >= 0.6 is 7.82 Å². The summed E-state index contributed by atoms with van der Waals surface area (Å²) in [7, 11) is -0.716. The number of phosphoric acid groups is 1. The molecular weight excluding hydrogens is 641 g/mol. The van der Waals surface area contributed by atoms with E-state index in [9.17, 15) is 19.0 Å². The van der Waals surface area contributed by atoms with Gasteiger partial charge < -0.3 is 19.3 Å². The SMILES string of the molecule is CCCC/C=C\CCCCCCCC(=O)OCC(COP(=O)(O)OCCN(C)C)OC(=O)CCCCCCC/C=C\CCCCCCCC. The minimum absolute atomic E-state index is 0.00532. The van der Waals surface area contributed by atoms with Crippen molar-refractivity contribution >= 4 is 19.8 Å². The molecule has 0 saturated carbocycles. The van der Waals surface area contributed by atoms with Gasteiger partial charge in [0.05, 0.1) is 13.2 Å². The molecule has 0 rings (SSSR count). The van der Waals surface area contributed by atoms with Crippen molar-refractivity contribution in [2.45, 2.75) is 174 Å². The number of rotatable bonds is 36. The molecule has 0 heterocycles. The van der Waals surface area contributed by atoms with Crippen molar-refractivity contribution in [1.82, 2.24) is 4.90 Å². The third-order valence-electron chi connectivity index (χ3n) is 8.23. The summed E-state index contributed by atoms with van der Waals surface area (Å²) in [5.74, 6) is -0.824. The monoisotopic (exact) mass is 716 g/mol. The topological polar surface area (TPSA) is 112 Å². The Labute approximate surface area is 300 Å². The minimum Gasteiger partial charge on any atom is -0.462 e. The van der Waals surface area contributed by atoms with E-state index in [2.05, 4.69) is 38.2 Å². The zero-order valence-corrected chi connectivity index (χ0v) is 32.8. The highest BCUT2D eigenvalue weighted by molar-refractivity contribution is 7.47. The van der Waals surface area contributed by atoms with Crippen LogP contribution in [0.25, 0.3) is 0 Å². The van der Waals surface area contributed by atoms with E-state index in [1.807, 2.05) is 19.0 Å². The van der Waals surface area contributed by atoms with Gasteiger partial charge in [-0.1, -0.05) is 122 Å². The van der Waals surface area contributed by atoms with Crippen molar-refractivity contribution in [3.8, 4) is 0 Å². The number of unbranched alkanes of at least 4 members (excludes halogenated alkanes) is 18. The number of likely N-dealkylation sites (N-methyl/N-ethyl adjacent to an activating group) is 1. The van der Waals surface area contributed by atoms with Gasteiger partial charge in [0.2, 0.25) is 0 Å². The van der Waals surface area contributed by atoms with Crippen LogP contribution in [-0.4, -0.2) is 68.3 Å². The highest BCUT2D eigenvalue weighted by Gasteiger charge is 2.26. The van der Waals surface area contributed by atoms with Gasteiger partial charge in [0, 0.05) is 19.4 Å². The van der Waals surface area contributed by atoms with E-state index < -0.39 is 26.5 Å². The Hall–Kier alpha value is -1.51. The first-order chi connectivity index (χ1) is 23.7. The number of carbonyl (C=O) groups is 2. The van der Waals surface area contributed by atoms with Crippen LogP contribution in [0.15, 0.2) is 24.3 Å². The summed E-state index contributed by atoms with van der Waals surface area (Å²) in [5.41, 5.74) is 0. The molecule has 0 amide bonds. The van der Waals surface area contributed by atoms with Crippen LogP contribution < -0.4 is 0 Å². The summed E-state index contributed by atoms with van der Waals surface area (Å²) in [6.07, 6.45) is 33.6. The molecule has 0 spiro atoms. The number of allylic oxidation sites excluding steroid dienone is 4. The quantitative estimate of drug-likeness (QED) is 0.0293. The summed E-state index contributed by atoms with van der Waals surface area (Å²) >= 11 is 0. The highest BCUT2D eigenvalue weighted by Crippen LogP contribution is 2.43. The summed E-state index contributed by atoms with van der Waals surface area (Å²) < 4.78 is 33.3. The Morgan fingerprint density at radius 2 is 1.06 bits per heavy atom. The largest absolute Gasteiger partial charge is 0.472 e. The van der Waals surface area contributed by atoms with Gasteiger partial charge in [-0.15, -0.1) is 0 Å². The van der Waals surface area contributed by atoms with Gasteiger partial charge in [-0.3, -0.25) is 18.6 Å². The van der Waals surface area contributed by atoms with Gasteiger partial charge in [-0.2, -0.15) is 0 Å². The number of ether oxygens (including phenoxy) is 2. The molecule has 49 heavy (non-hydrogen) atoms. The Kier molecular flexibility index (Phi) is 33.8. The smallest absolute Gasteiger partial charge is 0.462 e. The Bertz CT molecular complexity index is 879. The van der Waals surface area contributed by atoms with Crippen LogP contribution in [0, 0.1) is 0 Å². The molecule has 2 atom stereocenters. The molecule has 2 unspecified atom stereocenters. The van der Waals surface area contributed by atoms with Crippen molar-refractivity contribution in [3.63, 3.8) is 0 Å². The third kappa shape index (κ3) is 36.1. The predicted molar refractivity (Wildman–Crippen MR) is 202 cm³/mol. The lowest BCUT2D eigenvalue weighted by Gasteiger charge is -2.20. The molecule has 10 heteroatoms. The van der Waals surface area contributed by atoms with Gasteiger partial charge in [0.25, 0.3) is 0 Å². The van der Waals surface area contributed by atoms with Crippen LogP contribution in [0.3, 0.4) is 0 Å². The van der Waals surface area contributed by atoms with Gasteiger partial charge in [0.1, 0.15) is 6.61 Å². The maximum absolute atomic E-state index is 12.6. The van der Waals surface area contributed by atoms with Crippen molar-refractivity contribution in [1.29, 1.82) is 0 Å². The first-order valence-electron chi connectivity index (χ1n) is 19.6. The molecule has 9 nitrogen and oxygen atoms in total. The van der Waals surface area contributed by atoms with Crippen molar-refractivity contribution < 1.29 is 37.6 Å². The lowest BCUT2D eigenvalue weighted by atomic mass is 10.1. The van der Waals surface area contributed by atoms with E-state index in [0.29, 0.717) is 13.0 Å². The van der Waals surface area contributed by atoms with Crippen molar-refractivity contribution in [3.05, 3.63) is 24.3 Å². The molecule has 0 aromatic heterocycles. The van der Waals surface area contributed by atoms with Crippen LogP contribution in [0.5, 0.6) is 0 Å². The predicted octanol–water partition coefficient (Wildman–Crippen LogP) is 10.7. The molecular formula is C39H74NO8P. The van der Waals surface area contributed by atoms with Gasteiger partial charge in [0.15, 0.2) is 6.10 Å². The first-order valence-corrected chi connectivity index (χ1v) is 21.1. The van der Waals surface area contributed by atoms with E-state index in [1.165, 1.54) is 57.8 Å². The van der Waals surface area contributed by atoms with Gasteiger partial charge >= 0.3 is 19.8 Å². The van der Waals surface area contributed by atoms with Crippen molar-refractivity contribution in [2.24, 2.45) is 0 Å². The number of esters is 2. The summed E-state index contributed by atoms with van der Waals surface area (Å²) in [6.45, 7) is 4.25. The molecule has 0 aliphatic carbocycles. The van der Waals surface area contributed by atoms with Crippen LogP contribution in [0.4, 0.5) is 0 Å². The molecule has 0 bridgehead atoms. The second kappa shape index (κ2) is 34.9. The van der Waals surface area contributed by atoms with Crippen LogP contribution in [0.2, 0.25) is 0 Å². The molecule has 0 radical (unpaired) electrons. The van der Waals surface area contributed by atoms with E-state index in [0.717, 1.165) is 77.0 Å². The molecule has 0 fully saturated rings. The standard InChI is InChI=1S/C39H74NO8P/c1-5-7-9-11-13-15-17-18-19-20-22-24-26-28-30-32-39(42)48-37(36-47-49(43,44)46-34-33-40(3)4)35-45-38(41)31-29-27-25-23-21-16-14-12-10-8-6-2/h12,14,18-19,37H,5-11,13,15-17,20-36H2,1-4H3,(H,43,44)/b14-12-,19-18-. The highest BCUT2D eigenvalue weighted by atomic mass is 31.2. The maximum atomic E-state index is 12.6. The number of hydrogen-bond donors (Lipinski definition) is 1. The fraction of sp³-hybridized carbons (Fsp3) is 0.846. The second-order valence-electron chi connectivity index (χ2n) is 13.5. The van der Waals surface area contributed by atoms with Crippen LogP contribution in [-0.2, 0) is 32.7 Å². The Balaban J connectivity index is 4.37. The van der Waals surface area contributed by atoms with Gasteiger partial charge in [-0.25, -0.2) is 4.57 Å². The summed E-state index contributed by atoms with van der Waals surface area (Å²) in [5, 5.41) is 0. The number of carbonyl (C=O) groups excluding carboxylic acids is 2. The minimum atomic E-state index is -4.36.